The monoisotopic (exact) mass is 265 g/mol. The third-order valence-electron chi connectivity index (χ3n) is 2.75. The first-order valence-electron chi connectivity index (χ1n) is 5.17. The van der Waals surface area contributed by atoms with Gasteiger partial charge in [-0.05, 0) is 32.1 Å². The number of hydrogen-bond acceptors (Lipinski definition) is 2. The Morgan fingerprint density at radius 3 is 2.62 bits per heavy atom. The van der Waals surface area contributed by atoms with E-state index in [9.17, 15) is 0 Å². The molecule has 0 aliphatic heterocycles. The average Bonchev–Trinajstić information content (AvgIpc) is 2.06. The van der Waals surface area contributed by atoms with Crippen LogP contribution in [0.1, 0.15) is 25.7 Å². The normalized spacial score (nSPS) is 17.8. The summed E-state index contributed by atoms with van der Waals surface area (Å²) < 4.78 is 0. The number of thioether (sulfide) groups is 1. The fourth-order valence-electron chi connectivity index (χ4n) is 1.70. The molecule has 0 spiro atoms. The van der Waals surface area contributed by atoms with E-state index >= 15 is 0 Å². The van der Waals surface area contributed by atoms with E-state index < -0.39 is 0 Å². The summed E-state index contributed by atoms with van der Waals surface area (Å²) in [5.74, 6) is 1.29. The van der Waals surface area contributed by atoms with Gasteiger partial charge in [-0.3, -0.25) is 4.90 Å². The van der Waals surface area contributed by atoms with Crippen molar-refractivity contribution in [2.75, 3.05) is 30.4 Å². The van der Waals surface area contributed by atoms with Gasteiger partial charge in [-0.25, -0.2) is 0 Å². The predicted molar refractivity (Wildman–Crippen MR) is 66.0 cm³/mol. The van der Waals surface area contributed by atoms with Crippen molar-refractivity contribution in [1.29, 1.82) is 0 Å². The maximum atomic E-state index is 3.50. The molecule has 1 rings (SSSR count). The fourth-order valence-corrected chi connectivity index (χ4v) is 2.37. The molecule has 0 aromatic rings. The summed E-state index contributed by atoms with van der Waals surface area (Å²) >= 11 is 5.47. The first-order valence-corrected chi connectivity index (χ1v) is 7.69. The quantitative estimate of drug-likeness (QED) is 0.652. The van der Waals surface area contributed by atoms with Crippen molar-refractivity contribution in [3.05, 3.63) is 0 Å². The van der Waals surface area contributed by atoms with Crippen LogP contribution in [0.5, 0.6) is 0 Å². The molecule has 0 aromatic carbocycles. The van der Waals surface area contributed by atoms with Gasteiger partial charge in [0.05, 0.1) is 0 Å². The van der Waals surface area contributed by atoms with Crippen LogP contribution in [0.25, 0.3) is 0 Å². The molecule has 1 aliphatic carbocycles. The molecule has 0 amide bonds. The number of halogens is 1. The zero-order chi connectivity index (χ0) is 9.52. The summed E-state index contributed by atoms with van der Waals surface area (Å²) in [5, 5.41) is 1.15. The van der Waals surface area contributed by atoms with Crippen molar-refractivity contribution in [3.8, 4) is 0 Å². The van der Waals surface area contributed by atoms with Crippen LogP contribution in [0.15, 0.2) is 0 Å². The van der Waals surface area contributed by atoms with Crippen LogP contribution in [0.3, 0.4) is 0 Å². The van der Waals surface area contributed by atoms with E-state index in [1.807, 2.05) is 11.8 Å². The Bertz CT molecular complexity index is 120. The highest BCUT2D eigenvalue weighted by atomic mass is 79.9. The topological polar surface area (TPSA) is 3.24 Å². The van der Waals surface area contributed by atoms with Crippen LogP contribution in [0.4, 0.5) is 0 Å². The maximum Gasteiger partial charge on any atom is 0.00956 e. The van der Waals surface area contributed by atoms with Gasteiger partial charge in [0.15, 0.2) is 0 Å². The second-order valence-corrected chi connectivity index (χ2v) is 5.43. The molecule has 0 radical (unpaired) electrons. The number of alkyl halides is 1. The highest BCUT2D eigenvalue weighted by Crippen LogP contribution is 2.24. The first kappa shape index (κ1) is 11.9. The third-order valence-corrected chi connectivity index (χ3v) is 3.90. The predicted octanol–water partition coefficient (Wildman–Crippen LogP) is 2.99. The molecular formula is C10H20BrNS. The number of rotatable bonds is 7. The van der Waals surface area contributed by atoms with Gasteiger partial charge in [0, 0.05) is 23.7 Å². The summed E-state index contributed by atoms with van der Waals surface area (Å²) in [6.45, 7) is 2.58. The van der Waals surface area contributed by atoms with Crippen LogP contribution >= 0.6 is 27.7 Å². The molecule has 1 nitrogen and oxygen atoms in total. The molecule has 0 aromatic heterocycles. The molecule has 0 bridgehead atoms. The molecule has 0 heterocycles. The second-order valence-electron chi connectivity index (χ2n) is 3.66. The Hall–Kier alpha value is 0.790. The van der Waals surface area contributed by atoms with Crippen LogP contribution in [-0.4, -0.2) is 41.4 Å². The Labute approximate surface area is 94.8 Å². The molecule has 1 fully saturated rings. The Kier molecular flexibility index (Phi) is 6.51. The smallest absolute Gasteiger partial charge is 0.00956 e. The van der Waals surface area contributed by atoms with E-state index in [4.69, 9.17) is 0 Å². The van der Waals surface area contributed by atoms with Gasteiger partial charge in [-0.2, -0.15) is 11.8 Å². The highest BCUT2D eigenvalue weighted by molar-refractivity contribution is 9.09. The van der Waals surface area contributed by atoms with E-state index in [0.717, 1.165) is 11.4 Å². The Morgan fingerprint density at radius 2 is 2.15 bits per heavy atom. The van der Waals surface area contributed by atoms with Crippen LogP contribution < -0.4 is 0 Å². The van der Waals surface area contributed by atoms with Crippen LogP contribution in [-0.2, 0) is 0 Å². The van der Waals surface area contributed by atoms with Crippen molar-refractivity contribution in [2.24, 2.45) is 0 Å². The lowest BCUT2D eigenvalue weighted by Gasteiger charge is -2.37. The number of nitrogens with zero attached hydrogens (tertiary/aromatic N) is 1. The molecule has 0 atom stereocenters. The van der Waals surface area contributed by atoms with Crippen LogP contribution in [0.2, 0.25) is 0 Å². The van der Waals surface area contributed by atoms with E-state index in [2.05, 4.69) is 27.1 Å². The van der Waals surface area contributed by atoms with Gasteiger partial charge in [0.2, 0.25) is 0 Å². The minimum Gasteiger partial charge on any atom is -0.300 e. The molecule has 13 heavy (non-hydrogen) atoms. The molecular weight excluding hydrogens is 246 g/mol. The van der Waals surface area contributed by atoms with E-state index in [1.54, 1.807) is 0 Å². The van der Waals surface area contributed by atoms with Gasteiger partial charge in [0.1, 0.15) is 0 Å². The molecule has 0 unspecified atom stereocenters. The summed E-state index contributed by atoms with van der Waals surface area (Å²) in [5.41, 5.74) is 0. The lowest BCUT2D eigenvalue weighted by atomic mass is 9.91. The van der Waals surface area contributed by atoms with Crippen molar-refractivity contribution >= 4 is 27.7 Å². The molecule has 78 valence electrons. The van der Waals surface area contributed by atoms with Gasteiger partial charge >= 0.3 is 0 Å². The van der Waals surface area contributed by atoms with Gasteiger partial charge in [0.25, 0.3) is 0 Å². The summed E-state index contributed by atoms with van der Waals surface area (Å²) in [6.07, 6.45) is 7.83. The second kappa shape index (κ2) is 7.13. The van der Waals surface area contributed by atoms with E-state index in [-0.39, 0.29) is 0 Å². The van der Waals surface area contributed by atoms with Crippen LogP contribution in [0, 0.1) is 0 Å². The largest absolute Gasteiger partial charge is 0.300 e. The van der Waals surface area contributed by atoms with E-state index in [0.29, 0.717) is 0 Å². The molecule has 0 N–H and O–H groups in total. The minimum atomic E-state index is 0.922. The SMILES string of the molecule is CSCCN(CCCBr)C1CCC1. The van der Waals surface area contributed by atoms with Gasteiger partial charge in [-0.1, -0.05) is 22.4 Å². The summed E-state index contributed by atoms with van der Waals surface area (Å²) in [7, 11) is 0. The third kappa shape index (κ3) is 4.22. The van der Waals surface area contributed by atoms with Crippen molar-refractivity contribution < 1.29 is 0 Å². The molecule has 0 saturated heterocycles. The molecule has 3 heteroatoms. The maximum absolute atomic E-state index is 3.50. The minimum absolute atomic E-state index is 0.922. The lowest BCUT2D eigenvalue weighted by molar-refractivity contribution is 0.136. The number of hydrogen-bond donors (Lipinski definition) is 0. The van der Waals surface area contributed by atoms with Crippen molar-refractivity contribution in [2.45, 2.75) is 31.7 Å². The van der Waals surface area contributed by atoms with Gasteiger partial charge in [-0.15, -0.1) is 0 Å². The van der Waals surface area contributed by atoms with Gasteiger partial charge < -0.3 is 0 Å². The Morgan fingerprint density at radius 1 is 1.38 bits per heavy atom. The molecule has 1 aliphatic rings. The van der Waals surface area contributed by atoms with E-state index in [1.165, 1.54) is 44.5 Å². The summed E-state index contributed by atoms with van der Waals surface area (Å²) in [6, 6.07) is 0.922. The molecule has 1 saturated carbocycles. The van der Waals surface area contributed by atoms with Crippen molar-refractivity contribution in [1.82, 2.24) is 4.90 Å². The first-order chi connectivity index (χ1) is 6.38. The highest BCUT2D eigenvalue weighted by Gasteiger charge is 2.23. The zero-order valence-corrected chi connectivity index (χ0v) is 10.9. The lowest BCUT2D eigenvalue weighted by Crippen LogP contribution is -2.42. The Balaban J connectivity index is 2.16. The zero-order valence-electron chi connectivity index (χ0n) is 8.47. The standard InChI is InChI=1S/C10H20BrNS/c1-13-9-8-12(7-3-6-11)10-4-2-5-10/h10H,2-9H2,1H3. The van der Waals surface area contributed by atoms with Crippen molar-refractivity contribution in [3.63, 3.8) is 0 Å². The summed E-state index contributed by atoms with van der Waals surface area (Å²) in [4.78, 5) is 2.68. The average molecular weight is 266 g/mol. The fraction of sp³-hybridized carbons (Fsp3) is 1.00.